The zero-order valence-corrected chi connectivity index (χ0v) is 18.2. The lowest BCUT2D eigenvalue weighted by molar-refractivity contribution is -0.117. The summed E-state index contributed by atoms with van der Waals surface area (Å²) in [6.45, 7) is 1.01. The summed E-state index contributed by atoms with van der Waals surface area (Å²) in [5.41, 5.74) is 2.77. The van der Waals surface area contributed by atoms with Crippen LogP contribution in [0.15, 0.2) is 83.4 Å². The van der Waals surface area contributed by atoms with Crippen LogP contribution in [0.4, 0.5) is 5.69 Å². The molecule has 7 nitrogen and oxygen atoms in total. The molecule has 3 aromatic carbocycles. The van der Waals surface area contributed by atoms with Crippen molar-refractivity contribution in [2.75, 3.05) is 18.6 Å². The van der Waals surface area contributed by atoms with Crippen molar-refractivity contribution >= 4 is 11.6 Å². The summed E-state index contributed by atoms with van der Waals surface area (Å²) in [5, 5.41) is 4.13. The monoisotopic (exact) mass is 441 g/mol. The molecule has 1 aliphatic rings. The molecule has 0 bridgehead atoms. The lowest BCUT2D eigenvalue weighted by atomic mass is 10.1. The second-order valence-corrected chi connectivity index (χ2v) is 7.86. The van der Waals surface area contributed by atoms with Crippen LogP contribution in [0.3, 0.4) is 0 Å². The van der Waals surface area contributed by atoms with Crippen molar-refractivity contribution in [1.82, 2.24) is 10.1 Å². The lowest BCUT2D eigenvalue weighted by Crippen LogP contribution is -2.24. The quantitative estimate of drug-likeness (QED) is 0.408. The summed E-state index contributed by atoms with van der Waals surface area (Å²) < 4.78 is 16.5. The topological polar surface area (TPSA) is 77.7 Å². The SMILES string of the molecule is COc1ccc(N2CC(c3nc(-c4ccc(OCc5ccccc5)cc4)no3)CC2=O)cc1. The van der Waals surface area contributed by atoms with Crippen LogP contribution >= 0.6 is 0 Å². The fraction of sp³-hybridized carbons (Fsp3) is 0.192. The van der Waals surface area contributed by atoms with E-state index in [0.717, 1.165) is 28.3 Å². The maximum Gasteiger partial charge on any atom is 0.232 e. The van der Waals surface area contributed by atoms with E-state index in [9.17, 15) is 4.79 Å². The van der Waals surface area contributed by atoms with Gasteiger partial charge >= 0.3 is 0 Å². The number of amides is 1. The number of benzene rings is 3. The number of anilines is 1. The fourth-order valence-corrected chi connectivity index (χ4v) is 3.84. The minimum Gasteiger partial charge on any atom is -0.497 e. The molecule has 4 aromatic rings. The van der Waals surface area contributed by atoms with Gasteiger partial charge in [-0.25, -0.2) is 0 Å². The van der Waals surface area contributed by atoms with Crippen LogP contribution in [-0.2, 0) is 11.4 Å². The zero-order valence-electron chi connectivity index (χ0n) is 18.2. The van der Waals surface area contributed by atoms with Crippen LogP contribution in [-0.4, -0.2) is 29.7 Å². The van der Waals surface area contributed by atoms with Gasteiger partial charge in [-0.1, -0.05) is 35.5 Å². The van der Waals surface area contributed by atoms with E-state index >= 15 is 0 Å². The Morgan fingerprint density at radius 3 is 2.42 bits per heavy atom. The molecule has 33 heavy (non-hydrogen) atoms. The molecule has 1 amide bonds. The van der Waals surface area contributed by atoms with Crippen molar-refractivity contribution in [3.8, 4) is 22.9 Å². The Morgan fingerprint density at radius 2 is 1.70 bits per heavy atom. The molecule has 7 heteroatoms. The van der Waals surface area contributed by atoms with Crippen LogP contribution < -0.4 is 14.4 Å². The molecule has 1 fully saturated rings. The first-order chi connectivity index (χ1) is 16.2. The van der Waals surface area contributed by atoms with E-state index in [-0.39, 0.29) is 11.8 Å². The van der Waals surface area contributed by atoms with Gasteiger partial charge in [-0.15, -0.1) is 0 Å². The van der Waals surface area contributed by atoms with E-state index in [1.165, 1.54) is 0 Å². The average Bonchev–Trinajstić information content (AvgIpc) is 3.51. The number of hydrogen-bond acceptors (Lipinski definition) is 6. The summed E-state index contributed by atoms with van der Waals surface area (Å²) in [6.07, 6.45) is 0.333. The number of hydrogen-bond donors (Lipinski definition) is 0. The molecular formula is C26H23N3O4. The third-order valence-electron chi connectivity index (χ3n) is 5.66. The standard InChI is InChI=1S/C26H23N3O4/c1-31-22-13-9-21(10-14-22)29-16-20(15-24(29)30)26-27-25(28-33-26)19-7-11-23(12-8-19)32-17-18-5-3-2-4-6-18/h2-14,20H,15-17H2,1H3. The second-order valence-electron chi connectivity index (χ2n) is 7.86. The molecule has 166 valence electrons. The molecule has 1 unspecified atom stereocenters. The van der Waals surface area contributed by atoms with Gasteiger partial charge in [0.2, 0.25) is 17.6 Å². The van der Waals surface area contributed by atoms with Crippen molar-refractivity contribution in [3.05, 3.63) is 90.3 Å². The van der Waals surface area contributed by atoms with Crippen LogP contribution in [0, 0.1) is 0 Å². The Bertz CT molecular complexity index is 1220. The highest BCUT2D eigenvalue weighted by molar-refractivity contribution is 5.96. The Kier molecular flexibility index (Phi) is 5.76. The maximum absolute atomic E-state index is 12.6. The van der Waals surface area contributed by atoms with E-state index in [2.05, 4.69) is 10.1 Å². The van der Waals surface area contributed by atoms with Crippen molar-refractivity contribution in [2.45, 2.75) is 18.9 Å². The third kappa shape index (κ3) is 4.57. The minimum atomic E-state index is -0.144. The largest absolute Gasteiger partial charge is 0.497 e. The maximum atomic E-state index is 12.6. The van der Waals surface area contributed by atoms with Crippen molar-refractivity contribution < 1.29 is 18.8 Å². The molecule has 0 saturated carbocycles. The van der Waals surface area contributed by atoms with Gasteiger partial charge in [-0.05, 0) is 54.1 Å². The van der Waals surface area contributed by atoms with Crippen LogP contribution in [0.25, 0.3) is 11.4 Å². The number of carbonyl (C=O) groups is 1. The fourth-order valence-electron chi connectivity index (χ4n) is 3.84. The molecule has 1 atom stereocenters. The highest BCUT2D eigenvalue weighted by Crippen LogP contribution is 2.33. The molecule has 2 heterocycles. The number of aromatic nitrogens is 2. The van der Waals surface area contributed by atoms with Gasteiger partial charge in [0.05, 0.1) is 13.0 Å². The third-order valence-corrected chi connectivity index (χ3v) is 5.66. The number of nitrogens with zero attached hydrogens (tertiary/aromatic N) is 3. The van der Waals surface area contributed by atoms with Gasteiger partial charge in [0.1, 0.15) is 18.1 Å². The van der Waals surface area contributed by atoms with E-state index in [4.69, 9.17) is 14.0 Å². The molecule has 1 aromatic heterocycles. The minimum absolute atomic E-state index is 0.0323. The smallest absolute Gasteiger partial charge is 0.232 e. The number of ether oxygens (including phenoxy) is 2. The number of carbonyl (C=O) groups excluding carboxylic acids is 1. The lowest BCUT2D eigenvalue weighted by Gasteiger charge is -2.16. The Morgan fingerprint density at radius 1 is 0.970 bits per heavy atom. The average molecular weight is 441 g/mol. The van der Waals surface area contributed by atoms with Gasteiger partial charge in [0.15, 0.2) is 0 Å². The highest BCUT2D eigenvalue weighted by Gasteiger charge is 2.35. The first-order valence-electron chi connectivity index (χ1n) is 10.7. The van der Waals surface area contributed by atoms with E-state index < -0.39 is 0 Å². The summed E-state index contributed by atoms with van der Waals surface area (Å²) in [7, 11) is 1.62. The predicted molar refractivity (Wildman–Crippen MR) is 123 cm³/mol. The molecule has 1 saturated heterocycles. The van der Waals surface area contributed by atoms with E-state index in [1.54, 1.807) is 12.0 Å². The van der Waals surface area contributed by atoms with Gasteiger partial charge < -0.3 is 18.9 Å². The zero-order chi connectivity index (χ0) is 22.6. The second kappa shape index (κ2) is 9.16. The summed E-state index contributed by atoms with van der Waals surface area (Å²) in [4.78, 5) is 18.9. The van der Waals surface area contributed by atoms with E-state index in [0.29, 0.717) is 31.3 Å². The van der Waals surface area contributed by atoms with Gasteiger partial charge in [-0.3, -0.25) is 4.79 Å². The van der Waals surface area contributed by atoms with Gasteiger partial charge in [0, 0.05) is 24.2 Å². The molecular weight excluding hydrogens is 418 g/mol. The van der Waals surface area contributed by atoms with Crippen molar-refractivity contribution in [3.63, 3.8) is 0 Å². The molecule has 0 spiro atoms. The Hall–Kier alpha value is -4.13. The van der Waals surface area contributed by atoms with Gasteiger partial charge in [0.25, 0.3) is 0 Å². The van der Waals surface area contributed by atoms with Crippen LogP contribution in [0.2, 0.25) is 0 Å². The number of methoxy groups -OCH3 is 1. The van der Waals surface area contributed by atoms with Gasteiger partial charge in [-0.2, -0.15) is 4.98 Å². The number of rotatable bonds is 7. The normalized spacial score (nSPS) is 15.6. The molecule has 0 aliphatic carbocycles. The summed E-state index contributed by atoms with van der Waals surface area (Å²) >= 11 is 0. The van der Waals surface area contributed by atoms with Crippen LogP contribution in [0.5, 0.6) is 11.5 Å². The van der Waals surface area contributed by atoms with Crippen LogP contribution in [0.1, 0.15) is 23.8 Å². The molecule has 5 rings (SSSR count). The van der Waals surface area contributed by atoms with Crippen molar-refractivity contribution in [1.29, 1.82) is 0 Å². The first kappa shape index (κ1) is 20.8. The predicted octanol–water partition coefficient (Wildman–Crippen LogP) is 4.84. The molecule has 0 N–H and O–H groups in total. The molecule has 1 aliphatic heterocycles. The first-order valence-corrected chi connectivity index (χ1v) is 10.7. The summed E-state index contributed by atoms with van der Waals surface area (Å²) in [5.74, 6) is 2.37. The highest BCUT2D eigenvalue weighted by atomic mass is 16.5. The Labute approximate surface area is 191 Å². The molecule has 0 radical (unpaired) electrons. The van der Waals surface area contributed by atoms with Crippen molar-refractivity contribution in [2.24, 2.45) is 0 Å². The van der Waals surface area contributed by atoms with E-state index in [1.807, 2.05) is 78.9 Å². The summed E-state index contributed by atoms with van der Waals surface area (Å²) in [6, 6.07) is 25.0. The Balaban J connectivity index is 1.24.